The highest BCUT2D eigenvalue weighted by Gasteiger charge is 2.18. The van der Waals surface area contributed by atoms with Gasteiger partial charge >= 0.3 is 5.82 Å². The van der Waals surface area contributed by atoms with Crippen molar-refractivity contribution in [2.75, 3.05) is 31.7 Å². The fourth-order valence-corrected chi connectivity index (χ4v) is 1.30. The van der Waals surface area contributed by atoms with Gasteiger partial charge in [-0.25, -0.2) is 0 Å². The van der Waals surface area contributed by atoms with E-state index in [1.54, 1.807) is 11.6 Å². The number of hydrogen-bond donors (Lipinski definition) is 2. The first-order valence-corrected chi connectivity index (χ1v) is 5.25. The van der Waals surface area contributed by atoms with E-state index in [0.29, 0.717) is 32.0 Å². The van der Waals surface area contributed by atoms with Crippen molar-refractivity contribution in [2.24, 2.45) is 7.05 Å². The number of nitrogens with zero attached hydrogens (tertiary/aromatic N) is 3. The molecule has 0 bridgehead atoms. The number of nitro groups is 1. The summed E-state index contributed by atoms with van der Waals surface area (Å²) in [6.07, 6.45) is 2.09. The summed E-state index contributed by atoms with van der Waals surface area (Å²) < 4.78 is 6.63. The molecule has 0 amide bonds. The molecule has 0 radical (unpaired) electrons. The molecule has 0 atom stereocenters. The lowest BCUT2D eigenvalue weighted by Gasteiger charge is -2.06. The van der Waals surface area contributed by atoms with Gasteiger partial charge < -0.3 is 25.3 Å². The van der Waals surface area contributed by atoms with E-state index in [1.165, 1.54) is 6.33 Å². The Kier molecular flexibility index (Phi) is 5.37. The molecule has 1 aromatic rings. The number of ether oxygens (including phenoxy) is 1. The SMILES string of the molecule is Cn1cnc([N+](=O)[O-])c1NCCCOCCO. The first kappa shape index (κ1) is 13.4. The van der Waals surface area contributed by atoms with Gasteiger partial charge in [-0.2, -0.15) is 0 Å². The molecule has 0 aromatic carbocycles. The molecule has 1 rings (SSSR count). The first-order valence-electron chi connectivity index (χ1n) is 5.25. The van der Waals surface area contributed by atoms with Crippen molar-refractivity contribution in [3.8, 4) is 0 Å². The molecule has 0 saturated carbocycles. The number of anilines is 1. The number of imidazole rings is 1. The second-order valence-electron chi connectivity index (χ2n) is 3.40. The molecule has 0 aliphatic carbocycles. The van der Waals surface area contributed by atoms with E-state index in [2.05, 4.69) is 10.3 Å². The van der Waals surface area contributed by atoms with E-state index in [9.17, 15) is 10.1 Å². The second kappa shape index (κ2) is 6.81. The van der Waals surface area contributed by atoms with Gasteiger partial charge in [0.05, 0.1) is 13.2 Å². The Bertz CT molecular complexity index is 366. The highest BCUT2D eigenvalue weighted by Crippen LogP contribution is 2.20. The summed E-state index contributed by atoms with van der Waals surface area (Å²) in [5.74, 6) is 0.209. The van der Waals surface area contributed by atoms with Crippen molar-refractivity contribution in [1.29, 1.82) is 0 Å². The number of hydrogen-bond acceptors (Lipinski definition) is 6. The summed E-state index contributed by atoms with van der Waals surface area (Å²) in [6.45, 7) is 1.36. The molecule has 8 heteroatoms. The third kappa shape index (κ3) is 4.00. The van der Waals surface area contributed by atoms with Crippen LogP contribution in [0.15, 0.2) is 6.33 Å². The van der Waals surface area contributed by atoms with Crippen LogP contribution < -0.4 is 5.32 Å². The standard InChI is InChI=1S/C9H16N4O4/c1-12-7-11-9(13(15)16)8(12)10-3-2-5-17-6-4-14/h7,10,14H,2-6H2,1H3. The van der Waals surface area contributed by atoms with Gasteiger partial charge in [0.15, 0.2) is 0 Å². The zero-order chi connectivity index (χ0) is 12.7. The summed E-state index contributed by atoms with van der Waals surface area (Å²) in [5, 5.41) is 22.1. The van der Waals surface area contributed by atoms with Crippen LogP contribution in [0, 0.1) is 10.1 Å². The topological polar surface area (TPSA) is 102 Å². The van der Waals surface area contributed by atoms with Gasteiger partial charge in [0.25, 0.3) is 0 Å². The summed E-state index contributed by atoms with van der Waals surface area (Å²) >= 11 is 0. The number of rotatable bonds is 8. The zero-order valence-electron chi connectivity index (χ0n) is 9.63. The first-order chi connectivity index (χ1) is 8.16. The van der Waals surface area contributed by atoms with Crippen molar-refractivity contribution in [3.63, 3.8) is 0 Å². The van der Waals surface area contributed by atoms with E-state index in [-0.39, 0.29) is 12.4 Å². The molecule has 17 heavy (non-hydrogen) atoms. The molecule has 0 aliphatic heterocycles. The predicted molar refractivity (Wildman–Crippen MR) is 60.9 cm³/mol. The second-order valence-corrected chi connectivity index (χ2v) is 3.40. The van der Waals surface area contributed by atoms with Crippen molar-refractivity contribution in [2.45, 2.75) is 6.42 Å². The number of nitrogens with one attached hydrogen (secondary N) is 1. The molecule has 0 unspecified atom stereocenters. The van der Waals surface area contributed by atoms with Gasteiger partial charge in [0.2, 0.25) is 12.1 Å². The Labute approximate surface area is 98.4 Å². The maximum absolute atomic E-state index is 10.6. The van der Waals surface area contributed by atoms with Crippen molar-refractivity contribution < 1.29 is 14.8 Å². The van der Waals surface area contributed by atoms with Gasteiger partial charge in [-0.05, 0) is 16.3 Å². The van der Waals surface area contributed by atoms with Gasteiger partial charge in [0.1, 0.15) is 0 Å². The largest absolute Gasteiger partial charge is 0.406 e. The minimum Gasteiger partial charge on any atom is -0.394 e. The molecule has 96 valence electrons. The van der Waals surface area contributed by atoms with Crippen molar-refractivity contribution in [1.82, 2.24) is 9.55 Å². The lowest BCUT2D eigenvalue weighted by atomic mass is 10.4. The molecular weight excluding hydrogens is 228 g/mol. The number of aliphatic hydroxyl groups excluding tert-OH is 1. The maximum Gasteiger partial charge on any atom is 0.406 e. The highest BCUT2D eigenvalue weighted by atomic mass is 16.6. The van der Waals surface area contributed by atoms with E-state index in [1.807, 2.05) is 0 Å². The van der Waals surface area contributed by atoms with Gasteiger partial charge in [-0.1, -0.05) is 0 Å². The van der Waals surface area contributed by atoms with Crippen molar-refractivity contribution >= 4 is 11.6 Å². The Morgan fingerprint density at radius 3 is 3.06 bits per heavy atom. The average molecular weight is 244 g/mol. The molecule has 0 saturated heterocycles. The van der Waals surface area contributed by atoms with Crippen molar-refractivity contribution in [3.05, 3.63) is 16.4 Å². The third-order valence-corrected chi connectivity index (χ3v) is 2.08. The molecule has 1 heterocycles. The van der Waals surface area contributed by atoms with E-state index >= 15 is 0 Å². The minimum atomic E-state index is -0.523. The summed E-state index contributed by atoms with van der Waals surface area (Å²) in [4.78, 5) is 13.8. The summed E-state index contributed by atoms with van der Waals surface area (Å²) in [6, 6.07) is 0. The lowest BCUT2D eigenvalue weighted by Crippen LogP contribution is -2.10. The van der Waals surface area contributed by atoms with Crippen LogP contribution in [-0.2, 0) is 11.8 Å². The smallest absolute Gasteiger partial charge is 0.394 e. The minimum absolute atomic E-state index is 0.000626. The van der Waals surface area contributed by atoms with Gasteiger partial charge in [-0.3, -0.25) is 4.57 Å². The molecule has 0 fully saturated rings. The van der Waals surface area contributed by atoms with Crippen LogP contribution in [0.3, 0.4) is 0 Å². The molecule has 8 nitrogen and oxygen atoms in total. The Balaban J connectivity index is 2.36. The van der Waals surface area contributed by atoms with E-state index in [4.69, 9.17) is 9.84 Å². The van der Waals surface area contributed by atoms with Crippen LogP contribution in [0.4, 0.5) is 11.6 Å². The summed E-state index contributed by atoms with van der Waals surface area (Å²) in [7, 11) is 1.69. The Morgan fingerprint density at radius 2 is 2.41 bits per heavy atom. The number of aromatic nitrogens is 2. The van der Waals surface area contributed by atoms with Gasteiger partial charge in [0, 0.05) is 20.2 Å². The monoisotopic (exact) mass is 244 g/mol. The van der Waals surface area contributed by atoms with Crippen LogP contribution in [0.5, 0.6) is 0 Å². The molecule has 0 aliphatic rings. The quantitative estimate of drug-likeness (QED) is 0.383. The van der Waals surface area contributed by atoms with Gasteiger partial charge in [-0.15, -0.1) is 0 Å². The lowest BCUT2D eigenvalue weighted by molar-refractivity contribution is -0.388. The summed E-state index contributed by atoms with van der Waals surface area (Å²) in [5.41, 5.74) is 0. The fourth-order valence-electron chi connectivity index (χ4n) is 1.30. The highest BCUT2D eigenvalue weighted by molar-refractivity contribution is 5.51. The molecule has 0 spiro atoms. The van der Waals surface area contributed by atoms with Crippen LogP contribution in [0.1, 0.15) is 6.42 Å². The molecular formula is C9H16N4O4. The molecule has 1 aromatic heterocycles. The maximum atomic E-state index is 10.6. The van der Waals surface area contributed by atoms with Crippen LogP contribution in [0.25, 0.3) is 0 Å². The van der Waals surface area contributed by atoms with Crippen LogP contribution in [0.2, 0.25) is 0 Å². The fraction of sp³-hybridized carbons (Fsp3) is 0.667. The van der Waals surface area contributed by atoms with Crippen LogP contribution in [-0.4, -0.2) is 45.9 Å². The normalized spacial score (nSPS) is 10.5. The van der Waals surface area contributed by atoms with Crippen LogP contribution >= 0.6 is 0 Å². The number of aliphatic hydroxyl groups is 1. The van der Waals surface area contributed by atoms with E-state index in [0.717, 1.165) is 0 Å². The predicted octanol–water partition coefficient (Wildman–Crippen LogP) is 0.139. The third-order valence-electron chi connectivity index (χ3n) is 2.08. The Morgan fingerprint density at radius 1 is 1.65 bits per heavy atom. The Hall–Kier alpha value is -1.67. The average Bonchev–Trinajstić information content (AvgIpc) is 2.65. The zero-order valence-corrected chi connectivity index (χ0v) is 9.63. The number of aryl methyl sites for hydroxylation is 1. The van der Waals surface area contributed by atoms with E-state index < -0.39 is 4.92 Å². The molecule has 2 N–H and O–H groups in total.